The van der Waals surface area contributed by atoms with Crippen molar-refractivity contribution in [1.29, 1.82) is 0 Å². The number of nitrogens with zero attached hydrogens (tertiary/aromatic N) is 3. The van der Waals surface area contributed by atoms with Gasteiger partial charge in [-0.25, -0.2) is 4.79 Å². The number of carbonyl (C=O) groups excluding carboxylic acids is 1. The summed E-state index contributed by atoms with van der Waals surface area (Å²) in [6, 6.07) is 9.69. The molecule has 0 aliphatic carbocycles. The minimum atomic E-state index is -0.0319. The summed E-state index contributed by atoms with van der Waals surface area (Å²) in [6.45, 7) is 1.95. The van der Waals surface area contributed by atoms with E-state index in [9.17, 15) is 4.79 Å². The van der Waals surface area contributed by atoms with Gasteiger partial charge in [0.15, 0.2) is 0 Å². The Morgan fingerprint density at radius 2 is 2.22 bits per heavy atom. The number of urea groups is 1. The van der Waals surface area contributed by atoms with Gasteiger partial charge in [-0.3, -0.25) is 9.88 Å². The normalized spacial score (nSPS) is 16.2. The molecule has 3 rings (SSSR count). The van der Waals surface area contributed by atoms with Crippen molar-refractivity contribution < 1.29 is 9.21 Å². The van der Waals surface area contributed by atoms with Gasteiger partial charge in [0.2, 0.25) is 0 Å². The summed E-state index contributed by atoms with van der Waals surface area (Å²) in [5.74, 6) is 1.20. The molecule has 2 aromatic rings. The first-order chi connectivity index (χ1) is 11.1. The van der Waals surface area contributed by atoms with Crippen molar-refractivity contribution in [2.24, 2.45) is 0 Å². The van der Waals surface area contributed by atoms with Crippen LogP contribution in [0.25, 0.3) is 0 Å². The van der Waals surface area contributed by atoms with Crippen LogP contribution in [0, 0.1) is 0 Å². The number of likely N-dealkylation sites (N-methyl/N-ethyl adjacent to an activating group) is 1. The third-order valence-electron chi connectivity index (χ3n) is 4.22. The van der Waals surface area contributed by atoms with Gasteiger partial charge < -0.3 is 14.6 Å². The van der Waals surface area contributed by atoms with Crippen molar-refractivity contribution in [3.05, 3.63) is 54.2 Å². The van der Waals surface area contributed by atoms with E-state index in [0.29, 0.717) is 12.5 Å². The molecular weight excluding hydrogens is 292 g/mol. The molecular formula is C17H22N4O2. The molecule has 0 spiro atoms. The van der Waals surface area contributed by atoms with Crippen molar-refractivity contribution >= 4 is 6.03 Å². The SMILES string of the molecule is CN(C)[C@H](CNC(=O)N1CC(c2ccccn2)C1)c1ccco1. The summed E-state index contributed by atoms with van der Waals surface area (Å²) in [5, 5.41) is 2.99. The molecule has 2 amide bonds. The van der Waals surface area contributed by atoms with Gasteiger partial charge in [-0.1, -0.05) is 6.07 Å². The van der Waals surface area contributed by atoms with E-state index in [1.807, 2.05) is 54.2 Å². The quantitative estimate of drug-likeness (QED) is 0.918. The lowest BCUT2D eigenvalue weighted by Crippen LogP contribution is -2.53. The highest BCUT2D eigenvalue weighted by Crippen LogP contribution is 2.25. The molecule has 3 heterocycles. The van der Waals surface area contributed by atoms with Crippen LogP contribution < -0.4 is 5.32 Å². The first kappa shape index (κ1) is 15.6. The van der Waals surface area contributed by atoms with Crippen LogP contribution in [0.1, 0.15) is 23.4 Å². The Bertz CT molecular complexity index is 621. The minimum Gasteiger partial charge on any atom is -0.468 e. The summed E-state index contributed by atoms with van der Waals surface area (Å²) < 4.78 is 5.45. The zero-order valence-electron chi connectivity index (χ0n) is 13.5. The number of hydrogen-bond acceptors (Lipinski definition) is 4. The Balaban J connectivity index is 1.49. The molecule has 0 aromatic carbocycles. The average molecular weight is 314 g/mol. The van der Waals surface area contributed by atoms with Crippen LogP contribution in [-0.4, -0.2) is 54.5 Å². The maximum atomic E-state index is 12.2. The van der Waals surface area contributed by atoms with Gasteiger partial charge in [-0.05, 0) is 38.4 Å². The first-order valence-corrected chi connectivity index (χ1v) is 7.78. The van der Waals surface area contributed by atoms with Crippen molar-refractivity contribution in [1.82, 2.24) is 20.1 Å². The Morgan fingerprint density at radius 1 is 1.39 bits per heavy atom. The summed E-state index contributed by atoms with van der Waals surface area (Å²) in [7, 11) is 3.94. The molecule has 6 nitrogen and oxygen atoms in total. The number of pyridine rings is 1. The summed E-state index contributed by atoms with van der Waals surface area (Å²) in [5.41, 5.74) is 1.05. The number of nitrogens with one attached hydrogen (secondary N) is 1. The highest BCUT2D eigenvalue weighted by molar-refractivity contribution is 5.75. The third-order valence-corrected chi connectivity index (χ3v) is 4.22. The largest absolute Gasteiger partial charge is 0.468 e. The van der Waals surface area contributed by atoms with Gasteiger partial charge in [0.1, 0.15) is 5.76 Å². The summed E-state index contributed by atoms with van der Waals surface area (Å²) in [4.78, 5) is 20.4. The van der Waals surface area contributed by atoms with Gasteiger partial charge in [-0.2, -0.15) is 0 Å². The molecule has 0 saturated carbocycles. The molecule has 0 radical (unpaired) electrons. The Labute approximate surface area is 136 Å². The molecule has 1 aliphatic rings. The maximum absolute atomic E-state index is 12.2. The molecule has 1 saturated heterocycles. The fourth-order valence-electron chi connectivity index (χ4n) is 2.76. The van der Waals surface area contributed by atoms with E-state index in [2.05, 4.69) is 10.3 Å². The molecule has 23 heavy (non-hydrogen) atoms. The van der Waals surface area contributed by atoms with Gasteiger partial charge in [0.25, 0.3) is 0 Å². The van der Waals surface area contributed by atoms with E-state index in [1.54, 1.807) is 12.5 Å². The number of rotatable bonds is 5. The maximum Gasteiger partial charge on any atom is 0.317 e. The fraction of sp³-hybridized carbons (Fsp3) is 0.412. The van der Waals surface area contributed by atoms with Crippen LogP contribution in [0.5, 0.6) is 0 Å². The topological polar surface area (TPSA) is 61.6 Å². The van der Waals surface area contributed by atoms with Crippen LogP contribution in [0.4, 0.5) is 4.79 Å². The number of carbonyl (C=O) groups is 1. The van der Waals surface area contributed by atoms with E-state index in [0.717, 1.165) is 24.5 Å². The molecule has 2 aromatic heterocycles. The smallest absolute Gasteiger partial charge is 0.317 e. The fourth-order valence-corrected chi connectivity index (χ4v) is 2.76. The van der Waals surface area contributed by atoms with Crippen LogP contribution in [0.15, 0.2) is 47.2 Å². The lowest BCUT2D eigenvalue weighted by atomic mass is 9.96. The molecule has 1 aliphatic heterocycles. The lowest BCUT2D eigenvalue weighted by molar-refractivity contribution is 0.146. The first-order valence-electron chi connectivity index (χ1n) is 7.78. The predicted octanol–water partition coefficient (Wildman–Crippen LogP) is 2.09. The molecule has 6 heteroatoms. The zero-order chi connectivity index (χ0) is 16.2. The molecule has 0 bridgehead atoms. The Hall–Kier alpha value is -2.34. The van der Waals surface area contributed by atoms with Crippen molar-refractivity contribution in [3.8, 4) is 0 Å². The highest BCUT2D eigenvalue weighted by Gasteiger charge is 2.32. The van der Waals surface area contributed by atoms with E-state index in [4.69, 9.17) is 4.42 Å². The van der Waals surface area contributed by atoms with Gasteiger partial charge in [0, 0.05) is 37.4 Å². The number of hydrogen-bond donors (Lipinski definition) is 1. The van der Waals surface area contributed by atoms with Crippen LogP contribution in [0.2, 0.25) is 0 Å². The molecule has 1 N–H and O–H groups in total. The Morgan fingerprint density at radius 3 is 2.83 bits per heavy atom. The zero-order valence-corrected chi connectivity index (χ0v) is 13.5. The lowest BCUT2D eigenvalue weighted by Gasteiger charge is -2.39. The highest BCUT2D eigenvalue weighted by atomic mass is 16.3. The van der Waals surface area contributed by atoms with E-state index in [1.165, 1.54) is 0 Å². The van der Waals surface area contributed by atoms with E-state index in [-0.39, 0.29) is 12.1 Å². The Kier molecular flexibility index (Phi) is 4.62. The number of likely N-dealkylation sites (tertiary alicyclic amines) is 1. The molecule has 1 fully saturated rings. The van der Waals surface area contributed by atoms with E-state index < -0.39 is 0 Å². The predicted molar refractivity (Wildman–Crippen MR) is 87.1 cm³/mol. The standard InChI is InChI=1S/C17H22N4O2/c1-20(2)15(16-7-5-9-23-16)10-19-17(22)21-11-13(12-21)14-6-3-4-8-18-14/h3-9,13,15H,10-12H2,1-2H3,(H,19,22)/t15-/m1/s1. The average Bonchev–Trinajstić information content (AvgIpc) is 3.01. The van der Waals surface area contributed by atoms with Crippen LogP contribution >= 0.6 is 0 Å². The second-order valence-corrected chi connectivity index (χ2v) is 6.04. The van der Waals surface area contributed by atoms with Gasteiger partial charge in [-0.15, -0.1) is 0 Å². The second-order valence-electron chi connectivity index (χ2n) is 6.04. The van der Waals surface area contributed by atoms with Crippen molar-refractivity contribution in [3.63, 3.8) is 0 Å². The van der Waals surface area contributed by atoms with Gasteiger partial charge >= 0.3 is 6.03 Å². The minimum absolute atomic E-state index is 0.0295. The monoisotopic (exact) mass is 314 g/mol. The van der Waals surface area contributed by atoms with Gasteiger partial charge in [0.05, 0.1) is 12.3 Å². The third kappa shape index (κ3) is 3.53. The van der Waals surface area contributed by atoms with Crippen LogP contribution in [0.3, 0.4) is 0 Å². The molecule has 122 valence electrons. The number of furan rings is 1. The summed E-state index contributed by atoms with van der Waals surface area (Å²) in [6.07, 6.45) is 3.45. The number of amides is 2. The molecule has 0 unspecified atom stereocenters. The number of aromatic nitrogens is 1. The summed E-state index contributed by atoms with van der Waals surface area (Å²) >= 11 is 0. The van der Waals surface area contributed by atoms with Crippen molar-refractivity contribution in [2.75, 3.05) is 33.7 Å². The van der Waals surface area contributed by atoms with E-state index >= 15 is 0 Å². The van der Waals surface area contributed by atoms with Crippen molar-refractivity contribution in [2.45, 2.75) is 12.0 Å². The molecule has 1 atom stereocenters. The van der Waals surface area contributed by atoms with Crippen LogP contribution in [-0.2, 0) is 0 Å². The second kappa shape index (κ2) is 6.83.